The quantitative estimate of drug-likeness (QED) is 0.614. The van der Waals surface area contributed by atoms with Crippen molar-refractivity contribution in [3.63, 3.8) is 0 Å². The van der Waals surface area contributed by atoms with E-state index in [1.807, 2.05) is 35.2 Å². The summed E-state index contributed by atoms with van der Waals surface area (Å²) in [5.74, 6) is 0.922. The van der Waals surface area contributed by atoms with E-state index in [1.54, 1.807) is 0 Å². The Bertz CT molecular complexity index is 756. The fourth-order valence-electron chi connectivity index (χ4n) is 3.31. The molecule has 0 aliphatic rings. The summed E-state index contributed by atoms with van der Waals surface area (Å²) < 4.78 is 5.79. The van der Waals surface area contributed by atoms with Crippen LogP contribution in [0.15, 0.2) is 34.9 Å². The number of hydrogen-bond acceptors (Lipinski definition) is 4. The van der Waals surface area contributed by atoms with E-state index >= 15 is 0 Å². The molecule has 0 radical (unpaired) electrons. The molecule has 1 aromatic heterocycles. The van der Waals surface area contributed by atoms with Crippen molar-refractivity contribution in [3.05, 3.63) is 35.9 Å². The van der Waals surface area contributed by atoms with Gasteiger partial charge >= 0.3 is 0 Å². The molecule has 28 heavy (non-hydrogen) atoms. The third-order valence-electron chi connectivity index (χ3n) is 4.82. The van der Waals surface area contributed by atoms with Gasteiger partial charge in [0.2, 0.25) is 11.8 Å². The zero-order valence-electron chi connectivity index (χ0n) is 18.5. The van der Waals surface area contributed by atoms with Crippen molar-refractivity contribution < 1.29 is 9.32 Å². The maximum Gasteiger partial charge on any atom is 0.232 e. The molecule has 0 fully saturated rings. The first-order valence-electron chi connectivity index (χ1n) is 10.3. The predicted molar refractivity (Wildman–Crippen MR) is 115 cm³/mol. The Morgan fingerprint density at radius 3 is 2.21 bits per heavy atom. The smallest absolute Gasteiger partial charge is 0.232 e. The first-order valence-corrected chi connectivity index (χ1v) is 10.3. The number of aromatic nitrogens is 1. The molecule has 0 bridgehead atoms. The predicted octanol–water partition coefficient (Wildman–Crippen LogP) is 5.36. The van der Waals surface area contributed by atoms with Gasteiger partial charge in [0.1, 0.15) is 5.69 Å². The summed E-state index contributed by atoms with van der Waals surface area (Å²) in [6.07, 6.45) is 0.512. The number of benzene rings is 1. The lowest BCUT2D eigenvalue weighted by Gasteiger charge is -2.30. The molecule has 0 spiro atoms. The monoisotopic (exact) mass is 385 g/mol. The Balaban J connectivity index is 2.47. The molecule has 2 rings (SSSR count). The van der Waals surface area contributed by atoms with Crippen LogP contribution in [0.5, 0.6) is 0 Å². The van der Waals surface area contributed by atoms with Crippen molar-refractivity contribution in [2.24, 2.45) is 5.41 Å². The molecule has 5 heteroatoms. The van der Waals surface area contributed by atoms with E-state index < -0.39 is 0 Å². The van der Waals surface area contributed by atoms with Crippen molar-refractivity contribution in [1.29, 1.82) is 0 Å². The molecule has 0 saturated carbocycles. The number of rotatable bonds is 8. The first-order chi connectivity index (χ1) is 13.2. The lowest BCUT2D eigenvalue weighted by atomic mass is 9.91. The van der Waals surface area contributed by atoms with Crippen molar-refractivity contribution >= 4 is 11.8 Å². The average Bonchev–Trinajstić information content (AvgIpc) is 3.03. The summed E-state index contributed by atoms with van der Waals surface area (Å²) >= 11 is 0. The third kappa shape index (κ3) is 5.37. The fraction of sp³-hybridized carbons (Fsp3) is 0.565. The Kier molecular flexibility index (Phi) is 7.28. The summed E-state index contributed by atoms with van der Waals surface area (Å²) in [7, 11) is 0. The SMILES string of the molecule is CCN(CC)c1onc(-c2ccccc2)c1CN(C(=O)CC(C)(C)C)C(C)C. The van der Waals surface area contributed by atoms with Crippen LogP contribution in [0.3, 0.4) is 0 Å². The minimum atomic E-state index is -0.0527. The number of carbonyl (C=O) groups excluding carboxylic acids is 1. The van der Waals surface area contributed by atoms with Gasteiger partial charge in [0, 0.05) is 31.1 Å². The second-order valence-corrected chi connectivity index (χ2v) is 8.71. The van der Waals surface area contributed by atoms with Gasteiger partial charge in [0.15, 0.2) is 0 Å². The largest absolute Gasteiger partial charge is 0.341 e. The Morgan fingerprint density at radius 2 is 1.71 bits per heavy atom. The summed E-state index contributed by atoms with van der Waals surface area (Å²) in [5, 5.41) is 4.39. The standard InChI is InChI=1S/C23H35N3O2/c1-8-25(9-2)22-19(21(24-28-22)18-13-11-10-12-14-18)16-26(17(3)4)20(27)15-23(5,6)7/h10-14,17H,8-9,15-16H2,1-7H3. The molecule has 154 valence electrons. The molecule has 2 aromatic rings. The van der Waals surface area contributed by atoms with Crippen LogP contribution in [0, 0.1) is 5.41 Å². The van der Waals surface area contributed by atoms with E-state index in [-0.39, 0.29) is 17.4 Å². The number of nitrogens with zero attached hydrogens (tertiary/aromatic N) is 3. The Morgan fingerprint density at radius 1 is 1.11 bits per heavy atom. The van der Waals surface area contributed by atoms with Gasteiger partial charge in [-0.2, -0.15) is 0 Å². The normalized spacial score (nSPS) is 11.7. The lowest BCUT2D eigenvalue weighted by Crippen LogP contribution is -2.38. The van der Waals surface area contributed by atoms with Gasteiger partial charge in [0.25, 0.3) is 0 Å². The van der Waals surface area contributed by atoms with Gasteiger partial charge in [-0.05, 0) is 33.1 Å². The number of hydrogen-bond donors (Lipinski definition) is 0. The van der Waals surface area contributed by atoms with Gasteiger partial charge in [-0.15, -0.1) is 0 Å². The Hall–Kier alpha value is -2.30. The molecule has 0 N–H and O–H groups in total. The minimum absolute atomic E-state index is 0.0527. The van der Waals surface area contributed by atoms with Crippen molar-refractivity contribution in [1.82, 2.24) is 10.1 Å². The van der Waals surface area contributed by atoms with Crippen molar-refractivity contribution in [2.45, 2.75) is 67.5 Å². The van der Waals surface area contributed by atoms with E-state index in [0.29, 0.717) is 13.0 Å². The first kappa shape index (κ1) is 22.0. The molecule has 0 atom stereocenters. The topological polar surface area (TPSA) is 49.6 Å². The van der Waals surface area contributed by atoms with Crippen LogP contribution < -0.4 is 4.90 Å². The molecule has 0 unspecified atom stereocenters. The Labute approximate surface area is 169 Å². The second-order valence-electron chi connectivity index (χ2n) is 8.71. The van der Waals surface area contributed by atoms with E-state index in [2.05, 4.69) is 58.5 Å². The highest BCUT2D eigenvalue weighted by Crippen LogP contribution is 2.33. The zero-order valence-corrected chi connectivity index (χ0v) is 18.5. The van der Waals surface area contributed by atoms with E-state index in [9.17, 15) is 4.79 Å². The minimum Gasteiger partial charge on any atom is -0.341 e. The van der Waals surface area contributed by atoms with Gasteiger partial charge in [-0.3, -0.25) is 4.79 Å². The van der Waals surface area contributed by atoms with E-state index in [1.165, 1.54) is 0 Å². The van der Waals surface area contributed by atoms with Crippen LogP contribution in [0.2, 0.25) is 0 Å². The molecule has 1 heterocycles. The zero-order chi connectivity index (χ0) is 20.9. The van der Waals surface area contributed by atoms with Crippen LogP contribution in [-0.4, -0.2) is 35.1 Å². The van der Waals surface area contributed by atoms with E-state index in [4.69, 9.17) is 4.52 Å². The van der Waals surface area contributed by atoms with Gasteiger partial charge in [-0.1, -0.05) is 56.3 Å². The number of anilines is 1. The molecule has 0 aliphatic heterocycles. The van der Waals surface area contributed by atoms with Gasteiger partial charge < -0.3 is 14.3 Å². The van der Waals surface area contributed by atoms with Gasteiger partial charge in [0.05, 0.1) is 12.1 Å². The maximum atomic E-state index is 13.1. The lowest BCUT2D eigenvalue weighted by molar-refractivity contribution is -0.135. The summed E-state index contributed by atoms with van der Waals surface area (Å²) in [5.41, 5.74) is 2.75. The third-order valence-corrected chi connectivity index (χ3v) is 4.82. The molecule has 1 amide bonds. The van der Waals surface area contributed by atoms with Crippen LogP contribution in [0.4, 0.5) is 5.88 Å². The number of amides is 1. The average molecular weight is 386 g/mol. The maximum absolute atomic E-state index is 13.1. The number of carbonyl (C=O) groups is 1. The fourth-order valence-corrected chi connectivity index (χ4v) is 3.31. The van der Waals surface area contributed by atoms with Crippen molar-refractivity contribution in [2.75, 3.05) is 18.0 Å². The molecular formula is C23H35N3O2. The van der Waals surface area contributed by atoms with Crippen molar-refractivity contribution in [3.8, 4) is 11.3 Å². The van der Waals surface area contributed by atoms with Crippen LogP contribution in [-0.2, 0) is 11.3 Å². The van der Waals surface area contributed by atoms with Crippen LogP contribution >= 0.6 is 0 Å². The molecule has 5 nitrogen and oxygen atoms in total. The highest BCUT2D eigenvalue weighted by molar-refractivity contribution is 5.78. The summed E-state index contributed by atoms with van der Waals surface area (Å²) in [6.45, 7) is 16.8. The van der Waals surface area contributed by atoms with Crippen LogP contribution in [0.1, 0.15) is 60.5 Å². The second kappa shape index (κ2) is 9.26. The molecule has 0 aliphatic carbocycles. The molecule has 1 aromatic carbocycles. The molecular weight excluding hydrogens is 350 g/mol. The highest BCUT2D eigenvalue weighted by atomic mass is 16.5. The van der Waals surface area contributed by atoms with E-state index in [0.717, 1.165) is 35.8 Å². The summed E-state index contributed by atoms with van der Waals surface area (Å²) in [4.78, 5) is 17.2. The summed E-state index contributed by atoms with van der Waals surface area (Å²) in [6, 6.07) is 10.1. The molecule has 0 saturated heterocycles. The van der Waals surface area contributed by atoms with Gasteiger partial charge in [-0.25, -0.2) is 0 Å². The highest BCUT2D eigenvalue weighted by Gasteiger charge is 2.28. The van der Waals surface area contributed by atoms with Crippen LogP contribution in [0.25, 0.3) is 11.3 Å².